The highest BCUT2D eigenvalue weighted by molar-refractivity contribution is 5.46. The summed E-state index contributed by atoms with van der Waals surface area (Å²) in [5, 5.41) is 8.73. The van der Waals surface area contributed by atoms with Crippen LogP contribution in [0.5, 0.6) is 0 Å². The average molecular weight is 257 g/mol. The molecule has 1 fully saturated rings. The van der Waals surface area contributed by atoms with Crippen LogP contribution in [0.1, 0.15) is 11.3 Å². The number of alkyl halides is 3. The maximum atomic E-state index is 12.7. The standard InChI is InChI=1S/C11H10F3N3O/c12-11(13,14)8-5-9(7-15)16-10(6-8)17-1-3-18-4-2-17/h5-6H,1-4H2. The Labute approximate surface area is 102 Å². The quantitative estimate of drug-likeness (QED) is 0.769. The van der Waals surface area contributed by atoms with Crippen molar-refractivity contribution in [3.05, 3.63) is 23.4 Å². The third-order valence-electron chi connectivity index (χ3n) is 2.59. The van der Waals surface area contributed by atoms with E-state index in [1.165, 1.54) is 0 Å². The summed E-state index contributed by atoms with van der Waals surface area (Å²) in [6.45, 7) is 1.83. The molecule has 0 unspecified atom stereocenters. The van der Waals surface area contributed by atoms with Gasteiger partial charge in [-0.05, 0) is 12.1 Å². The van der Waals surface area contributed by atoms with Crippen LogP contribution in [0.3, 0.4) is 0 Å². The zero-order valence-corrected chi connectivity index (χ0v) is 9.37. The van der Waals surface area contributed by atoms with Gasteiger partial charge in [0.1, 0.15) is 17.6 Å². The molecule has 0 radical (unpaired) electrons. The number of halogens is 3. The zero-order chi connectivity index (χ0) is 13.2. The van der Waals surface area contributed by atoms with Gasteiger partial charge in [0.15, 0.2) is 0 Å². The molecule has 2 rings (SSSR count). The maximum absolute atomic E-state index is 12.7. The van der Waals surface area contributed by atoms with E-state index in [1.807, 2.05) is 0 Å². The fourth-order valence-electron chi connectivity index (χ4n) is 1.69. The minimum absolute atomic E-state index is 0.171. The van der Waals surface area contributed by atoms with Crippen LogP contribution in [0.15, 0.2) is 12.1 Å². The Hall–Kier alpha value is -1.81. The minimum Gasteiger partial charge on any atom is -0.378 e. The van der Waals surface area contributed by atoms with Gasteiger partial charge in [-0.2, -0.15) is 18.4 Å². The largest absolute Gasteiger partial charge is 0.416 e. The number of hydrogen-bond donors (Lipinski definition) is 0. The van der Waals surface area contributed by atoms with E-state index < -0.39 is 11.7 Å². The summed E-state index contributed by atoms with van der Waals surface area (Å²) in [5.41, 5.74) is -1.08. The lowest BCUT2D eigenvalue weighted by Gasteiger charge is -2.28. The molecular weight excluding hydrogens is 247 g/mol. The molecule has 1 aromatic rings. The van der Waals surface area contributed by atoms with E-state index in [0.29, 0.717) is 26.3 Å². The van der Waals surface area contributed by atoms with E-state index in [1.54, 1.807) is 11.0 Å². The molecule has 1 aliphatic rings. The summed E-state index contributed by atoms with van der Waals surface area (Å²) in [6.07, 6.45) is -4.48. The Balaban J connectivity index is 2.38. The predicted molar refractivity (Wildman–Crippen MR) is 57.0 cm³/mol. The number of anilines is 1. The van der Waals surface area contributed by atoms with Crippen LogP contribution in [-0.2, 0) is 10.9 Å². The van der Waals surface area contributed by atoms with E-state index in [4.69, 9.17) is 10.00 Å². The van der Waals surface area contributed by atoms with Crippen LogP contribution in [0.25, 0.3) is 0 Å². The Morgan fingerprint density at radius 1 is 1.28 bits per heavy atom. The third kappa shape index (κ3) is 2.71. The topological polar surface area (TPSA) is 49.2 Å². The molecule has 0 N–H and O–H groups in total. The van der Waals surface area contributed by atoms with Crippen LogP contribution >= 0.6 is 0 Å². The molecule has 2 heterocycles. The van der Waals surface area contributed by atoms with Gasteiger partial charge in [0.2, 0.25) is 0 Å². The van der Waals surface area contributed by atoms with Gasteiger partial charge in [0, 0.05) is 13.1 Å². The first kappa shape index (κ1) is 12.6. The lowest BCUT2D eigenvalue weighted by Crippen LogP contribution is -2.37. The molecule has 96 valence electrons. The number of ether oxygens (including phenoxy) is 1. The van der Waals surface area contributed by atoms with Gasteiger partial charge in [-0.1, -0.05) is 0 Å². The lowest BCUT2D eigenvalue weighted by molar-refractivity contribution is -0.137. The Morgan fingerprint density at radius 2 is 1.94 bits per heavy atom. The van der Waals surface area contributed by atoms with Crippen molar-refractivity contribution in [1.82, 2.24) is 4.98 Å². The monoisotopic (exact) mass is 257 g/mol. The zero-order valence-electron chi connectivity index (χ0n) is 9.37. The van der Waals surface area contributed by atoms with Crippen LogP contribution in [0.2, 0.25) is 0 Å². The van der Waals surface area contributed by atoms with Gasteiger partial charge in [0.25, 0.3) is 0 Å². The summed E-state index contributed by atoms with van der Waals surface area (Å²) in [4.78, 5) is 5.58. The fourth-order valence-corrected chi connectivity index (χ4v) is 1.69. The molecule has 0 amide bonds. The van der Waals surface area contributed by atoms with Crippen molar-refractivity contribution < 1.29 is 17.9 Å². The van der Waals surface area contributed by atoms with Gasteiger partial charge in [-0.15, -0.1) is 0 Å². The number of rotatable bonds is 1. The second-order valence-electron chi connectivity index (χ2n) is 3.81. The Morgan fingerprint density at radius 3 is 2.50 bits per heavy atom. The molecule has 18 heavy (non-hydrogen) atoms. The highest BCUT2D eigenvalue weighted by Crippen LogP contribution is 2.31. The minimum atomic E-state index is -4.48. The lowest BCUT2D eigenvalue weighted by atomic mass is 10.2. The molecule has 1 aliphatic heterocycles. The smallest absolute Gasteiger partial charge is 0.378 e. The highest BCUT2D eigenvalue weighted by Gasteiger charge is 2.32. The molecule has 1 saturated heterocycles. The average Bonchev–Trinajstić information content (AvgIpc) is 2.38. The highest BCUT2D eigenvalue weighted by atomic mass is 19.4. The number of nitriles is 1. The van der Waals surface area contributed by atoms with Crippen molar-refractivity contribution in [1.29, 1.82) is 5.26 Å². The van der Waals surface area contributed by atoms with Gasteiger partial charge >= 0.3 is 6.18 Å². The van der Waals surface area contributed by atoms with E-state index in [9.17, 15) is 13.2 Å². The van der Waals surface area contributed by atoms with Gasteiger partial charge in [0.05, 0.1) is 18.8 Å². The SMILES string of the molecule is N#Cc1cc(C(F)(F)F)cc(N2CCOCC2)n1. The molecule has 7 heteroatoms. The number of morpholine rings is 1. The first-order valence-electron chi connectivity index (χ1n) is 5.33. The number of aromatic nitrogens is 1. The number of pyridine rings is 1. The van der Waals surface area contributed by atoms with Crippen LogP contribution in [-0.4, -0.2) is 31.3 Å². The van der Waals surface area contributed by atoms with Crippen LogP contribution in [0.4, 0.5) is 19.0 Å². The maximum Gasteiger partial charge on any atom is 0.416 e. The first-order chi connectivity index (χ1) is 8.50. The second kappa shape index (κ2) is 4.82. The van der Waals surface area contributed by atoms with Gasteiger partial charge in [-0.25, -0.2) is 4.98 Å². The van der Waals surface area contributed by atoms with Crippen molar-refractivity contribution in [2.75, 3.05) is 31.2 Å². The van der Waals surface area contributed by atoms with Crippen molar-refractivity contribution in [3.63, 3.8) is 0 Å². The molecule has 0 aliphatic carbocycles. The normalized spacial score (nSPS) is 16.4. The van der Waals surface area contributed by atoms with E-state index in [0.717, 1.165) is 12.1 Å². The molecule has 0 bridgehead atoms. The molecule has 0 aromatic carbocycles. The van der Waals surface area contributed by atoms with Crippen LogP contribution in [0, 0.1) is 11.3 Å². The van der Waals surface area contributed by atoms with E-state index in [-0.39, 0.29) is 11.5 Å². The third-order valence-corrected chi connectivity index (χ3v) is 2.59. The second-order valence-corrected chi connectivity index (χ2v) is 3.81. The first-order valence-corrected chi connectivity index (χ1v) is 5.33. The van der Waals surface area contributed by atoms with Gasteiger partial charge < -0.3 is 9.64 Å². The molecule has 0 atom stereocenters. The Bertz CT molecular complexity index is 475. The molecular formula is C11H10F3N3O. The van der Waals surface area contributed by atoms with Crippen molar-refractivity contribution >= 4 is 5.82 Å². The van der Waals surface area contributed by atoms with E-state index in [2.05, 4.69) is 4.98 Å². The number of nitrogens with zero attached hydrogens (tertiary/aromatic N) is 3. The van der Waals surface area contributed by atoms with E-state index >= 15 is 0 Å². The molecule has 0 saturated carbocycles. The van der Waals surface area contributed by atoms with Crippen LogP contribution < -0.4 is 4.90 Å². The van der Waals surface area contributed by atoms with Crippen molar-refractivity contribution in [2.24, 2.45) is 0 Å². The summed E-state index contributed by atoms with van der Waals surface area (Å²) < 4.78 is 43.1. The fraction of sp³-hybridized carbons (Fsp3) is 0.455. The molecule has 1 aromatic heterocycles. The summed E-state index contributed by atoms with van der Waals surface area (Å²) in [7, 11) is 0. The summed E-state index contributed by atoms with van der Waals surface area (Å²) in [6, 6.07) is 3.37. The van der Waals surface area contributed by atoms with Gasteiger partial charge in [-0.3, -0.25) is 0 Å². The van der Waals surface area contributed by atoms with Crippen molar-refractivity contribution in [3.8, 4) is 6.07 Å². The Kier molecular flexibility index (Phi) is 3.39. The number of hydrogen-bond acceptors (Lipinski definition) is 4. The van der Waals surface area contributed by atoms with Crippen molar-refractivity contribution in [2.45, 2.75) is 6.18 Å². The molecule has 0 spiro atoms. The summed E-state index contributed by atoms with van der Waals surface area (Å²) >= 11 is 0. The summed E-state index contributed by atoms with van der Waals surface area (Å²) in [5.74, 6) is 0.171. The predicted octanol–water partition coefficient (Wildman–Crippen LogP) is 1.81. The molecule has 4 nitrogen and oxygen atoms in total.